The van der Waals surface area contributed by atoms with Crippen molar-refractivity contribution in [2.75, 3.05) is 5.75 Å². The van der Waals surface area contributed by atoms with Gasteiger partial charge < -0.3 is 10.2 Å². The SMILES string of the molecule is CC(N)CCSCc1nnc(-c2ccc(F)cc2)o1. The van der Waals surface area contributed by atoms with Crippen LogP contribution in [0.5, 0.6) is 0 Å². The average molecular weight is 281 g/mol. The molecule has 0 amide bonds. The van der Waals surface area contributed by atoms with Gasteiger partial charge in [-0.05, 0) is 43.4 Å². The van der Waals surface area contributed by atoms with Gasteiger partial charge in [-0.2, -0.15) is 11.8 Å². The van der Waals surface area contributed by atoms with E-state index in [-0.39, 0.29) is 11.9 Å². The fraction of sp³-hybridized carbons (Fsp3) is 0.385. The first kappa shape index (κ1) is 14.0. The molecule has 4 nitrogen and oxygen atoms in total. The minimum absolute atomic E-state index is 0.213. The second kappa shape index (κ2) is 6.68. The first-order valence-corrected chi connectivity index (χ1v) is 7.22. The molecule has 19 heavy (non-hydrogen) atoms. The van der Waals surface area contributed by atoms with E-state index in [1.807, 2.05) is 6.92 Å². The molecule has 0 saturated carbocycles. The van der Waals surface area contributed by atoms with E-state index in [9.17, 15) is 4.39 Å². The van der Waals surface area contributed by atoms with Gasteiger partial charge in [-0.1, -0.05) is 0 Å². The quantitative estimate of drug-likeness (QED) is 0.825. The lowest BCUT2D eigenvalue weighted by molar-refractivity contribution is 0.528. The number of nitrogens with two attached hydrogens (primary N) is 1. The second-order valence-electron chi connectivity index (χ2n) is 4.33. The van der Waals surface area contributed by atoms with Gasteiger partial charge in [0.2, 0.25) is 11.8 Å². The highest BCUT2D eigenvalue weighted by molar-refractivity contribution is 7.98. The molecule has 0 radical (unpaired) electrons. The highest BCUT2D eigenvalue weighted by Crippen LogP contribution is 2.20. The maximum Gasteiger partial charge on any atom is 0.247 e. The normalized spacial score (nSPS) is 12.6. The van der Waals surface area contributed by atoms with Crippen LogP contribution in [0.2, 0.25) is 0 Å². The fourth-order valence-corrected chi connectivity index (χ4v) is 2.42. The van der Waals surface area contributed by atoms with Gasteiger partial charge in [-0.15, -0.1) is 10.2 Å². The van der Waals surface area contributed by atoms with Crippen LogP contribution in [-0.4, -0.2) is 22.0 Å². The Morgan fingerprint density at radius 2 is 2.05 bits per heavy atom. The Labute approximate surface area is 115 Å². The van der Waals surface area contributed by atoms with Crippen LogP contribution >= 0.6 is 11.8 Å². The number of benzene rings is 1. The van der Waals surface area contributed by atoms with Gasteiger partial charge >= 0.3 is 0 Å². The summed E-state index contributed by atoms with van der Waals surface area (Å²) in [5.74, 6) is 2.35. The van der Waals surface area contributed by atoms with Crippen LogP contribution in [0, 0.1) is 5.82 Å². The van der Waals surface area contributed by atoms with Gasteiger partial charge in [0, 0.05) is 11.6 Å². The van der Waals surface area contributed by atoms with Crippen LogP contribution in [-0.2, 0) is 5.75 Å². The van der Waals surface area contributed by atoms with Crippen molar-refractivity contribution < 1.29 is 8.81 Å². The summed E-state index contributed by atoms with van der Waals surface area (Å²) in [4.78, 5) is 0. The number of hydrogen-bond donors (Lipinski definition) is 1. The molecule has 1 atom stereocenters. The zero-order valence-corrected chi connectivity index (χ0v) is 11.5. The molecular formula is C13H16FN3OS. The molecule has 6 heteroatoms. The van der Waals surface area contributed by atoms with Gasteiger partial charge in [0.15, 0.2) is 0 Å². The van der Waals surface area contributed by atoms with Crippen LogP contribution in [0.1, 0.15) is 19.2 Å². The van der Waals surface area contributed by atoms with Crippen molar-refractivity contribution in [2.24, 2.45) is 5.73 Å². The molecule has 2 N–H and O–H groups in total. The molecule has 1 aromatic heterocycles. The van der Waals surface area contributed by atoms with Crippen molar-refractivity contribution in [3.63, 3.8) is 0 Å². The summed E-state index contributed by atoms with van der Waals surface area (Å²) in [6, 6.07) is 6.20. The van der Waals surface area contributed by atoms with Crippen LogP contribution in [0.4, 0.5) is 4.39 Å². The lowest BCUT2D eigenvalue weighted by Crippen LogP contribution is -2.15. The lowest BCUT2D eigenvalue weighted by atomic mass is 10.2. The van der Waals surface area contributed by atoms with Crippen molar-refractivity contribution in [3.8, 4) is 11.5 Å². The summed E-state index contributed by atoms with van der Waals surface area (Å²) in [5.41, 5.74) is 6.39. The Hall–Kier alpha value is -1.40. The number of aromatic nitrogens is 2. The first-order chi connectivity index (χ1) is 9.15. The van der Waals surface area contributed by atoms with Crippen LogP contribution < -0.4 is 5.73 Å². The summed E-state index contributed by atoms with van der Waals surface area (Å²) in [7, 11) is 0. The molecule has 0 aliphatic rings. The smallest absolute Gasteiger partial charge is 0.247 e. The summed E-state index contributed by atoms with van der Waals surface area (Å²) < 4.78 is 18.3. The van der Waals surface area contributed by atoms with Gasteiger partial charge in [0.05, 0.1) is 5.75 Å². The Morgan fingerprint density at radius 1 is 1.32 bits per heavy atom. The highest BCUT2D eigenvalue weighted by atomic mass is 32.2. The molecule has 2 aromatic rings. The van der Waals surface area contributed by atoms with E-state index in [2.05, 4.69) is 10.2 Å². The standard InChI is InChI=1S/C13H16FN3OS/c1-9(15)6-7-19-8-12-16-17-13(18-12)10-2-4-11(14)5-3-10/h2-5,9H,6-8,15H2,1H3. The van der Waals surface area contributed by atoms with Crippen molar-refractivity contribution in [3.05, 3.63) is 36.0 Å². The Morgan fingerprint density at radius 3 is 2.74 bits per heavy atom. The third-order valence-corrected chi connectivity index (χ3v) is 3.48. The van der Waals surface area contributed by atoms with Crippen molar-refractivity contribution in [2.45, 2.75) is 25.1 Å². The van der Waals surface area contributed by atoms with Crippen molar-refractivity contribution in [1.82, 2.24) is 10.2 Å². The molecule has 0 saturated heterocycles. The predicted octanol–water partition coefficient (Wildman–Crippen LogP) is 2.85. The summed E-state index contributed by atoms with van der Waals surface area (Å²) in [5, 5.41) is 7.92. The summed E-state index contributed by atoms with van der Waals surface area (Å²) in [6.45, 7) is 1.99. The third kappa shape index (κ3) is 4.33. The molecule has 1 unspecified atom stereocenters. The number of nitrogens with zero attached hydrogens (tertiary/aromatic N) is 2. The van der Waals surface area contributed by atoms with E-state index in [0.29, 0.717) is 17.5 Å². The summed E-state index contributed by atoms with van der Waals surface area (Å²) in [6.07, 6.45) is 0.962. The van der Waals surface area contributed by atoms with Crippen LogP contribution in [0.25, 0.3) is 11.5 Å². The Kier molecular flexibility index (Phi) is 4.93. The van der Waals surface area contributed by atoms with Gasteiger partial charge in [-0.3, -0.25) is 0 Å². The number of thioether (sulfide) groups is 1. The molecule has 0 aliphatic heterocycles. The highest BCUT2D eigenvalue weighted by Gasteiger charge is 2.08. The number of rotatable bonds is 6. The molecule has 2 rings (SSSR count). The van der Waals surface area contributed by atoms with Crippen LogP contribution in [0.15, 0.2) is 28.7 Å². The maximum atomic E-state index is 12.8. The van der Waals surface area contributed by atoms with Crippen molar-refractivity contribution >= 4 is 11.8 Å². The molecule has 0 bridgehead atoms. The van der Waals surface area contributed by atoms with Gasteiger partial charge in [-0.25, -0.2) is 4.39 Å². The lowest BCUT2D eigenvalue weighted by Gasteiger charge is -2.02. The van der Waals surface area contributed by atoms with Crippen LogP contribution in [0.3, 0.4) is 0 Å². The molecule has 1 aromatic carbocycles. The van der Waals surface area contributed by atoms with E-state index in [1.165, 1.54) is 12.1 Å². The molecule has 0 aliphatic carbocycles. The number of halogens is 1. The topological polar surface area (TPSA) is 64.9 Å². The summed E-state index contributed by atoms with van der Waals surface area (Å²) >= 11 is 1.71. The van der Waals surface area contributed by atoms with E-state index in [0.717, 1.165) is 17.7 Å². The Bertz CT molecular complexity index is 513. The maximum absolute atomic E-state index is 12.8. The van der Waals surface area contributed by atoms with E-state index < -0.39 is 0 Å². The first-order valence-electron chi connectivity index (χ1n) is 6.07. The zero-order chi connectivity index (χ0) is 13.7. The molecule has 0 fully saturated rings. The second-order valence-corrected chi connectivity index (χ2v) is 5.43. The molecule has 0 spiro atoms. The van der Waals surface area contributed by atoms with Crippen molar-refractivity contribution in [1.29, 1.82) is 0 Å². The van der Waals surface area contributed by atoms with Gasteiger partial charge in [0.1, 0.15) is 5.82 Å². The predicted molar refractivity (Wildman–Crippen MR) is 74.1 cm³/mol. The molecule has 102 valence electrons. The third-order valence-electron chi connectivity index (χ3n) is 2.50. The largest absolute Gasteiger partial charge is 0.420 e. The van der Waals surface area contributed by atoms with E-state index >= 15 is 0 Å². The Balaban J connectivity index is 1.90. The fourth-order valence-electron chi connectivity index (χ4n) is 1.45. The average Bonchev–Trinajstić information content (AvgIpc) is 2.84. The zero-order valence-electron chi connectivity index (χ0n) is 10.7. The van der Waals surface area contributed by atoms with Gasteiger partial charge in [0.25, 0.3) is 0 Å². The molecular weight excluding hydrogens is 265 g/mol. The van der Waals surface area contributed by atoms with E-state index in [1.54, 1.807) is 23.9 Å². The number of hydrogen-bond acceptors (Lipinski definition) is 5. The van der Waals surface area contributed by atoms with E-state index in [4.69, 9.17) is 10.2 Å². The molecule has 1 heterocycles. The minimum atomic E-state index is -0.282. The monoisotopic (exact) mass is 281 g/mol. The minimum Gasteiger partial charge on any atom is -0.420 e.